The Hall–Kier alpha value is -3.48. The van der Waals surface area contributed by atoms with Crippen molar-refractivity contribution >= 4 is 29.4 Å². The highest BCUT2D eigenvalue weighted by Gasteiger charge is 2.44. The van der Waals surface area contributed by atoms with Crippen molar-refractivity contribution in [1.82, 2.24) is 4.90 Å². The van der Waals surface area contributed by atoms with Crippen molar-refractivity contribution in [2.45, 2.75) is 26.8 Å². The molecule has 3 amide bonds. The number of hydrogen-bond acceptors (Lipinski definition) is 5. The number of nitrogens with zero attached hydrogens (tertiary/aromatic N) is 1. The fourth-order valence-electron chi connectivity index (χ4n) is 3.36. The molecule has 150 valence electrons. The van der Waals surface area contributed by atoms with E-state index in [1.807, 2.05) is 0 Å². The van der Waals surface area contributed by atoms with E-state index in [0.29, 0.717) is 0 Å². The average Bonchev–Trinajstić information content (AvgIpc) is 2.94. The number of rotatable bonds is 6. The molecule has 1 aliphatic rings. The summed E-state index contributed by atoms with van der Waals surface area (Å²) in [5.41, 5.74) is 1.02. The summed E-state index contributed by atoms with van der Waals surface area (Å²) in [5, 5.41) is 2.69. The van der Waals surface area contributed by atoms with E-state index in [1.165, 1.54) is 0 Å². The molecule has 0 aliphatic carbocycles. The summed E-state index contributed by atoms with van der Waals surface area (Å²) in [6, 6.07) is 11.9. The normalized spacial score (nSPS) is 14.0. The second-order valence-electron chi connectivity index (χ2n) is 6.97. The highest BCUT2D eigenvalue weighted by molar-refractivity contribution is 6.23. The summed E-state index contributed by atoms with van der Waals surface area (Å²) in [7, 11) is 0. The van der Waals surface area contributed by atoms with Crippen molar-refractivity contribution in [2.24, 2.45) is 5.92 Å². The average molecular weight is 394 g/mol. The molecular formula is C22H22N2O5. The number of anilines is 1. The van der Waals surface area contributed by atoms with E-state index in [2.05, 4.69) is 5.32 Å². The molecule has 7 heteroatoms. The fourth-order valence-corrected chi connectivity index (χ4v) is 3.36. The van der Waals surface area contributed by atoms with Gasteiger partial charge in [0.1, 0.15) is 6.04 Å². The summed E-state index contributed by atoms with van der Waals surface area (Å²) in [4.78, 5) is 51.9. The number of fused-ring (bicyclic) bond motifs is 1. The first kappa shape index (κ1) is 20.3. The number of carbonyl (C=O) groups excluding carboxylic acids is 4. The highest BCUT2D eigenvalue weighted by Crippen LogP contribution is 2.28. The molecule has 1 atom stereocenters. The molecule has 29 heavy (non-hydrogen) atoms. The second kappa shape index (κ2) is 8.26. The van der Waals surface area contributed by atoms with Crippen LogP contribution >= 0.6 is 0 Å². The standard InChI is InChI=1S/C22H22N2O5/c1-4-29-22(28)16-11-7-8-12-17(16)23-19(25)18(13(2)3)24-20(26)14-9-5-6-10-15(14)21(24)27/h5-13,18H,4H2,1-3H3,(H,23,25). The van der Waals surface area contributed by atoms with Gasteiger partial charge in [-0.15, -0.1) is 0 Å². The van der Waals surface area contributed by atoms with Crippen LogP contribution in [0.3, 0.4) is 0 Å². The van der Waals surface area contributed by atoms with Crippen LogP contribution in [0.15, 0.2) is 48.5 Å². The van der Waals surface area contributed by atoms with Crippen LogP contribution in [0.25, 0.3) is 0 Å². The van der Waals surface area contributed by atoms with Crippen molar-refractivity contribution in [1.29, 1.82) is 0 Å². The minimum absolute atomic E-state index is 0.199. The SMILES string of the molecule is CCOC(=O)c1ccccc1NC(=O)C(C(C)C)N1C(=O)c2ccccc2C1=O. The Morgan fingerprint density at radius 2 is 1.52 bits per heavy atom. The van der Waals surface area contributed by atoms with Crippen LogP contribution < -0.4 is 5.32 Å². The van der Waals surface area contributed by atoms with E-state index >= 15 is 0 Å². The Bertz CT molecular complexity index is 948. The predicted octanol–water partition coefficient (Wildman–Crippen LogP) is 3.12. The number of esters is 1. The Morgan fingerprint density at radius 1 is 0.966 bits per heavy atom. The zero-order valence-electron chi connectivity index (χ0n) is 16.5. The van der Waals surface area contributed by atoms with Gasteiger partial charge in [-0.3, -0.25) is 19.3 Å². The van der Waals surface area contributed by atoms with E-state index in [-0.39, 0.29) is 34.9 Å². The molecule has 0 saturated carbocycles. The van der Waals surface area contributed by atoms with Gasteiger partial charge in [0.25, 0.3) is 11.8 Å². The number of imide groups is 1. The topological polar surface area (TPSA) is 92.8 Å². The molecule has 0 aromatic heterocycles. The Morgan fingerprint density at radius 3 is 2.07 bits per heavy atom. The summed E-state index contributed by atoms with van der Waals surface area (Å²) in [5.74, 6) is -2.46. The maximum atomic E-state index is 13.1. The molecule has 1 aliphatic heterocycles. The molecule has 2 aromatic carbocycles. The van der Waals surface area contributed by atoms with Crippen LogP contribution in [-0.4, -0.2) is 41.2 Å². The molecule has 0 saturated heterocycles. The molecule has 0 bridgehead atoms. The monoisotopic (exact) mass is 394 g/mol. The smallest absolute Gasteiger partial charge is 0.340 e. The van der Waals surface area contributed by atoms with E-state index in [0.717, 1.165) is 4.90 Å². The third kappa shape index (κ3) is 3.76. The number of hydrogen-bond donors (Lipinski definition) is 1. The first-order chi connectivity index (χ1) is 13.9. The number of nitrogens with one attached hydrogen (secondary N) is 1. The zero-order chi connectivity index (χ0) is 21.1. The van der Waals surface area contributed by atoms with Gasteiger partial charge in [-0.1, -0.05) is 38.1 Å². The van der Waals surface area contributed by atoms with Crippen LogP contribution in [0.5, 0.6) is 0 Å². The first-order valence-electron chi connectivity index (χ1n) is 9.40. The van der Waals surface area contributed by atoms with Gasteiger partial charge in [0.2, 0.25) is 5.91 Å². The van der Waals surface area contributed by atoms with Crippen LogP contribution in [-0.2, 0) is 9.53 Å². The van der Waals surface area contributed by atoms with Crippen molar-refractivity contribution in [3.8, 4) is 0 Å². The molecule has 2 aromatic rings. The van der Waals surface area contributed by atoms with Crippen molar-refractivity contribution in [3.63, 3.8) is 0 Å². The number of carbonyl (C=O) groups is 4. The molecule has 0 radical (unpaired) electrons. The minimum atomic E-state index is -1.03. The van der Waals surface area contributed by atoms with Gasteiger partial charge in [0.05, 0.1) is 29.0 Å². The quantitative estimate of drug-likeness (QED) is 0.600. The van der Waals surface area contributed by atoms with Crippen molar-refractivity contribution < 1.29 is 23.9 Å². The lowest BCUT2D eigenvalue weighted by molar-refractivity contribution is -0.121. The number of benzene rings is 2. The van der Waals surface area contributed by atoms with Gasteiger partial charge in [-0.2, -0.15) is 0 Å². The number of para-hydroxylation sites is 1. The number of amides is 3. The summed E-state index contributed by atoms with van der Waals surface area (Å²) >= 11 is 0. The Balaban J connectivity index is 1.91. The van der Waals surface area contributed by atoms with E-state index in [4.69, 9.17) is 4.74 Å². The van der Waals surface area contributed by atoms with E-state index < -0.39 is 29.7 Å². The van der Waals surface area contributed by atoms with Crippen LogP contribution in [0.2, 0.25) is 0 Å². The third-order valence-electron chi connectivity index (χ3n) is 4.68. The van der Waals surface area contributed by atoms with Crippen LogP contribution in [0.1, 0.15) is 51.8 Å². The molecular weight excluding hydrogens is 372 g/mol. The lowest BCUT2D eigenvalue weighted by Gasteiger charge is -2.28. The summed E-state index contributed by atoms with van der Waals surface area (Å²) in [6.45, 7) is 5.40. The van der Waals surface area contributed by atoms with E-state index in [9.17, 15) is 19.2 Å². The van der Waals surface area contributed by atoms with E-state index in [1.54, 1.807) is 69.3 Å². The van der Waals surface area contributed by atoms with Crippen molar-refractivity contribution in [2.75, 3.05) is 11.9 Å². The molecule has 3 rings (SSSR count). The molecule has 0 spiro atoms. The molecule has 0 fully saturated rings. The van der Waals surface area contributed by atoms with Crippen LogP contribution in [0, 0.1) is 5.92 Å². The summed E-state index contributed by atoms with van der Waals surface area (Å²) in [6.07, 6.45) is 0. The lowest BCUT2D eigenvalue weighted by Crippen LogP contribution is -2.50. The molecule has 1 N–H and O–H groups in total. The minimum Gasteiger partial charge on any atom is -0.462 e. The zero-order valence-corrected chi connectivity index (χ0v) is 16.5. The Kier molecular flexibility index (Phi) is 5.77. The maximum absolute atomic E-state index is 13.1. The van der Waals surface area contributed by atoms with Gasteiger partial charge in [-0.05, 0) is 37.1 Å². The largest absolute Gasteiger partial charge is 0.462 e. The lowest BCUT2D eigenvalue weighted by atomic mass is 10.0. The molecule has 7 nitrogen and oxygen atoms in total. The predicted molar refractivity (Wildman–Crippen MR) is 107 cm³/mol. The van der Waals surface area contributed by atoms with Crippen molar-refractivity contribution in [3.05, 3.63) is 65.2 Å². The first-order valence-corrected chi connectivity index (χ1v) is 9.40. The summed E-state index contributed by atoms with van der Waals surface area (Å²) < 4.78 is 5.03. The Labute approximate surface area is 168 Å². The van der Waals surface area contributed by atoms with Gasteiger partial charge < -0.3 is 10.1 Å². The second-order valence-corrected chi connectivity index (χ2v) is 6.97. The van der Waals surface area contributed by atoms with Crippen LogP contribution in [0.4, 0.5) is 5.69 Å². The van der Waals surface area contributed by atoms with Gasteiger partial charge >= 0.3 is 5.97 Å². The van der Waals surface area contributed by atoms with Gasteiger partial charge in [0.15, 0.2) is 0 Å². The number of ether oxygens (including phenoxy) is 1. The maximum Gasteiger partial charge on any atom is 0.340 e. The highest BCUT2D eigenvalue weighted by atomic mass is 16.5. The third-order valence-corrected chi connectivity index (χ3v) is 4.68. The molecule has 1 heterocycles. The fraction of sp³-hybridized carbons (Fsp3) is 0.273. The van der Waals surface area contributed by atoms with Gasteiger partial charge in [0, 0.05) is 0 Å². The molecule has 1 unspecified atom stereocenters. The van der Waals surface area contributed by atoms with Gasteiger partial charge in [-0.25, -0.2) is 4.79 Å².